The van der Waals surface area contributed by atoms with Gasteiger partial charge in [-0.15, -0.1) is 0 Å². The predicted molar refractivity (Wildman–Crippen MR) is 75.9 cm³/mol. The molecule has 20 heavy (non-hydrogen) atoms. The Labute approximate surface area is 125 Å². The van der Waals surface area contributed by atoms with E-state index in [2.05, 4.69) is 21.1 Å². The van der Waals surface area contributed by atoms with Crippen LogP contribution in [0, 0.1) is 13.8 Å². The average Bonchev–Trinajstić information content (AvgIpc) is 2.76. The molecule has 1 aromatic carbocycles. The fourth-order valence-electron chi connectivity index (χ4n) is 1.67. The number of nitrogens with zero attached hydrogens (tertiary/aromatic N) is 1. The molecule has 1 aromatic heterocycles. The summed E-state index contributed by atoms with van der Waals surface area (Å²) in [5, 5.41) is 3.71. The van der Waals surface area contributed by atoms with Gasteiger partial charge in [-0.3, -0.25) is 0 Å². The number of aromatic nitrogens is 1. The highest BCUT2D eigenvalue weighted by atomic mass is 79.9. The summed E-state index contributed by atoms with van der Waals surface area (Å²) in [6.07, 6.45) is 0. The molecule has 0 saturated carbocycles. The van der Waals surface area contributed by atoms with E-state index in [9.17, 15) is 4.79 Å². The Kier molecular flexibility index (Phi) is 4.79. The summed E-state index contributed by atoms with van der Waals surface area (Å²) in [4.78, 5) is 11.8. The Bertz CT molecular complexity index is 572. The molecule has 0 aliphatic carbocycles. The van der Waals surface area contributed by atoms with E-state index in [1.54, 1.807) is 13.8 Å². The normalized spacial score (nSPS) is 10.3. The van der Waals surface area contributed by atoms with Crippen LogP contribution in [0.5, 0.6) is 5.75 Å². The van der Waals surface area contributed by atoms with Crippen LogP contribution in [-0.4, -0.2) is 24.3 Å². The molecule has 0 radical (unpaired) electrons. The van der Waals surface area contributed by atoms with Crippen LogP contribution in [0.25, 0.3) is 0 Å². The SMILES string of the molecule is Cc1noc(C)c1C(=O)OCCOc1ccc(Br)cc1. The summed E-state index contributed by atoms with van der Waals surface area (Å²) in [5.74, 6) is 0.739. The molecule has 0 N–H and O–H groups in total. The minimum absolute atomic E-state index is 0.166. The third-order valence-corrected chi connectivity index (χ3v) is 3.17. The van der Waals surface area contributed by atoms with Crippen LogP contribution in [0.15, 0.2) is 33.3 Å². The van der Waals surface area contributed by atoms with Crippen molar-refractivity contribution in [1.82, 2.24) is 5.16 Å². The van der Waals surface area contributed by atoms with Gasteiger partial charge in [0.15, 0.2) is 0 Å². The molecule has 1 heterocycles. The van der Waals surface area contributed by atoms with Crippen molar-refractivity contribution in [2.45, 2.75) is 13.8 Å². The van der Waals surface area contributed by atoms with Crippen LogP contribution in [-0.2, 0) is 4.74 Å². The highest BCUT2D eigenvalue weighted by molar-refractivity contribution is 9.10. The quantitative estimate of drug-likeness (QED) is 0.617. The smallest absolute Gasteiger partial charge is 0.343 e. The molecule has 0 bridgehead atoms. The first-order chi connectivity index (χ1) is 9.58. The maximum Gasteiger partial charge on any atom is 0.343 e. The van der Waals surface area contributed by atoms with Gasteiger partial charge >= 0.3 is 5.97 Å². The Balaban J connectivity index is 1.79. The van der Waals surface area contributed by atoms with E-state index in [1.165, 1.54) is 0 Å². The number of aryl methyl sites for hydroxylation is 2. The number of rotatable bonds is 5. The van der Waals surface area contributed by atoms with Crippen molar-refractivity contribution in [2.75, 3.05) is 13.2 Å². The largest absolute Gasteiger partial charge is 0.490 e. The monoisotopic (exact) mass is 339 g/mol. The van der Waals surface area contributed by atoms with E-state index in [0.29, 0.717) is 17.0 Å². The number of carbonyl (C=O) groups is 1. The van der Waals surface area contributed by atoms with Crippen molar-refractivity contribution in [2.24, 2.45) is 0 Å². The molecular formula is C14H14BrNO4. The zero-order valence-electron chi connectivity index (χ0n) is 11.2. The van der Waals surface area contributed by atoms with Crippen molar-refractivity contribution in [3.8, 4) is 5.75 Å². The first-order valence-corrected chi connectivity index (χ1v) is 6.85. The molecule has 0 aliphatic rings. The Morgan fingerprint density at radius 1 is 1.25 bits per heavy atom. The van der Waals surface area contributed by atoms with Crippen LogP contribution in [0.4, 0.5) is 0 Å². The number of ether oxygens (including phenoxy) is 2. The van der Waals surface area contributed by atoms with Gasteiger partial charge in [-0.25, -0.2) is 4.79 Å². The molecular weight excluding hydrogens is 326 g/mol. The second-order valence-corrected chi connectivity index (χ2v) is 5.05. The molecule has 2 aromatic rings. The summed E-state index contributed by atoms with van der Waals surface area (Å²) in [6.45, 7) is 3.83. The molecule has 106 valence electrons. The number of halogens is 1. The number of hydrogen-bond acceptors (Lipinski definition) is 5. The maximum atomic E-state index is 11.8. The fourth-order valence-corrected chi connectivity index (χ4v) is 1.94. The van der Waals surface area contributed by atoms with E-state index < -0.39 is 5.97 Å². The molecule has 6 heteroatoms. The van der Waals surface area contributed by atoms with E-state index in [1.807, 2.05) is 24.3 Å². The lowest BCUT2D eigenvalue weighted by Gasteiger charge is -2.07. The minimum Gasteiger partial charge on any atom is -0.490 e. The van der Waals surface area contributed by atoms with Gasteiger partial charge < -0.3 is 14.0 Å². The van der Waals surface area contributed by atoms with E-state index >= 15 is 0 Å². The van der Waals surface area contributed by atoms with Crippen molar-refractivity contribution >= 4 is 21.9 Å². The van der Waals surface area contributed by atoms with Gasteiger partial charge in [-0.1, -0.05) is 21.1 Å². The minimum atomic E-state index is -0.444. The van der Waals surface area contributed by atoms with Gasteiger partial charge in [0.2, 0.25) is 0 Å². The summed E-state index contributed by atoms with van der Waals surface area (Å²) in [7, 11) is 0. The Morgan fingerprint density at radius 3 is 2.55 bits per heavy atom. The second kappa shape index (κ2) is 6.56. The fraction of sp³-hybridized carbons (Fsp3) is 0.286. The summed E-state index contributed by atoms with van der Waals surface area (Å²) in [5.41, 5.74) is 0.912. The molecule has 0 saturated heterocycles. The number of carbonyl (C=O) groups excluding carboxylic acids is 1. The lowest BCUT2D eigenvalue weighted by Crippen LogP contribution is -2.13. The first kappa shape index (κ1) is 14.6. The van der Waals surface area contributed by atoms with Crippen molar-refractivity contribution in [3.63, 3.8) is 0 Å². The Hall–Kier alpha value is -1.82. The zero-order valence-corrected chi connectivity index (χ0v) is 12.8. The van der Waals surface area contributed by atoms with E-state index in [4.69, 9.17) is 14.0 Å². The van der Waals surface area contributed by atoms with Crippen LogP contribution in [0.1, 0.15) is 21.8 Å². The predicted octanol–water partition coefficient (Wildman–Crippen LogP) is 3.29. The molecule has 2 rings (SSSR count). The number of esters is 1. The summed E-state index contributed by atoms with van der Waals surface area (Å²) >= 11 is 3.34. The number of hydrogen-bond donors (Lipinski definition) is 0. The van der Waals surface area contributed by atoms with Crippen LogP contribution in [0.2, 0.25) is 0 Å². The molecule has 0 aliphatic heterocycles. The van der Waals surface area contributed by atoms with E-state index in [0.717, 1.165) is 10.2 Å². The zero-order chi connectivity index (χ0) is 14.5. The van der Waals surface area contributed by atoms with Crippen molar-refractivity contribution < 1.29 is 18.8 Å². The highest BCUT2D eigenvalue weighted by Crippen LogP contribution is 2.16. The molecule has 0 atom stereocenters. The summed E-state index contributed by atoms with van der Waals surface area (Å²) < 4.78 is 16.5. The van der Waals surface area contributed by atoms with Gasteiger partial charge in [0.05, 0.1) is 5.69 Å². The molecule has 0 unspecified atom stereocenters. The molecule has 0 amide bonds. The lowest BCUT2D eigenvalue weighted by molar-refractivity contribution is 0.0448. The standard InChI is InChI=1S/C14H14BrNO4/c1-9-13(10(2)20-16-9)14(17)19-8-7-18-12-5-3-11(15)4-6-12/h3-6H,7-8H2,1-2H3. The van der Waals surface area contributed by atoms with Crippen LogP contribution in [0.3, 0.4) is 0 Å². The van der Waals surface area contributed by atoms with Crippen molar-refractivity contribution in [3.05, 3.63) is 45.8 Å². The van der Waals surface area contributed by atoms with Gasteiger partial charge in [0, 0.05) is 4.47 Å². The summed E-state index contributed by atoms with van der Waals surface area (Å²) in [6, 6.07) is 7.43. The van der Waals surface area contributed by atoms with Gasteiger partial charge in [-0.2, -0.15) is 0 Å². The maximum absolute atomic E-state index is 11.8. The number of benzene rings is 1. The third-order valence-electron chi connectivity index (χ3n) is 2.64. The van der Waals surface area contributed by atoms with Gasteiger partial charge in [0.1, 0.15) is 30.3 Å². The van der Waals surface area contributed by atoms with Gasteiger partial charge in [-0.05, 0) is 38.1 Å². The molecule has 0 spiro atoms. The Morgan fingerprint density at radius 2 is 1.95 bits per heavy atom. The first-order valence-electron chi connectivity index (χ1n) is 6.06. The van der Waals surface area contributed by atoms with Crippen LogP contribution < -0.4 is 4.74 Å². The second-order valence-electron chi connectivity index (χ2n) is 4.14. The van der Waals surface area contributed by atoms with E-state index in [-0.39, 0.29) is 13.2 Å². The van der Waals surface area contributed by atoms with Crippen molar-refractivity contribution in [1.29, 1.82) is 0 Å². The molecule has 0 fully saturated rings. The lowest BCUT2D eigenvalue weighted by atomic mass is 10.2. The highest BCUT2D eigenvalue weighted by Gasteiger charge is 2.18. The topological polar surface area (TPSA) is 61.6 Å². The molecule has 5 nitrogen and oxygen atoms in total. The van der Waals surface area contributed by atoms with Crippen LogP contribution >= 0.6 is 15.9 Å². The average molecular weight is 340 g/mol. The van der Waals surface area contributed by atoms with Gasteiger partial charge in [0.25, 0.3) is 0 Å². The third kappa shape index (κ3) is 3.60.